The van der Waals surface area contributed by atoms with Gasteiger partial charge in [0, 0.05) is 6.04 Å². The van der Waals surface area contributed by atoms with Crippen LogP contribution < -0.4 is 0 Å². The predicted molar refractivity (Wildman–Crippen MR) is 68.1 cm³/mol. The summed E-state index contributed by atoms with van der Waals surface area (Å²) in [5, 5.41) is 14.8. The maximum Gasteiger partial charge on any atom is 0.169 e. The molecule has 2 rings (SSSR count). The van der Waals surface area contributed by atoms with E-state index in [9.17, 15) is 5.11 Å². The van der Waals surface area contributed by atoms with Gasteiger partial charge in [-0.1, -0.05) is 11.6 Å². The zero-order valence-electron chi connectivity index (χ0n) is 9.39. The lowest BCUT2D eigenvalue weighted by Gasteiger charge is -2.14. The third-order valence-electron chi connectivity index (χ3n) is 2.40. The molecule has 1 N–H and O–H groups in total. The lowest BCUT2D eigenvalue weighted by molar-refractivity contribution is 0.175. The first-order valence-electron chi connectivity index (χ1n) is 5.17. The minimum Gasteiger partial charge on any atom is -0.451 e. The molecular formula is C11H12BrClN2O2. The van der Waals surface area contributed by atoms with Crippen molar-refractivity contribution in [2.45, 2.75) is 26.0 Å². The van der Waals surface area contributed by atoms with Crippen LogP contribution in [0.3, 0.4) is 0 Å². The minimum atomic E-state index is -0.918. The quantitative estimate of drug-likeness (QED) is 0.941. The topological polar surface area (TPSA) is 51.2 Å². The van der Waals surface area contributed by atoms with Gasteiger partial charge in [-0.05, 0) is 41.9 Å². The molecule has 1 unspecified atom stereocenters. The molecular weight excluding hydrogens is 307 g/mol. The van der Waals surface area contributed by atoms with Crippen molar-refractivity contribution in [1.29, 1.82) is 0 Å². The average molecular weight is 320 g/mol. The highest BCUT2D eigenvalue weighted by atomic mass is 79.9. The van der Waals surface area contributed by atoms with Gasteiger partial charge in [-0.3, -0.25) is 4.68 Å². The van der Waals surface area contributed by atoms with Crippen LogP contribution >= 0.6 is 27.5 Å². The Labute approximate surface area is 112 Å². The summed E-state index contributed by atoms with van der Waals surface area (Å²) in [6.07, 6.45) is 0.608. The van der Waals surface area contributed by atoms with Crippen LogP contribution in [0.25, 0.3) is 0 Å². The van der Waals surface area contributed by atoms with Crippen molar-refractivity contribution in [3.63, 3.8) is 0 Å². The fourth-order valence-electron chi connectivity index (χ4n) is 1.63. The van der Waals surface area contributed by atoms with E-state index < -0.39 is 6.10 Å². The first-order valence-corrected chi connectivity index (χ1v) is 6.34. The van der Waals surface area contributed by atoms with Crippen molar-refractivity contribution >= 4 is 27.5 Å². The van der Waals surface area contributed by atoms with Gasteiger partial charge in [0.25, 0.3) is 0 Å². The zero-order valence-corrected chi connectivity index (χ0v) is 11.7. The molecule has 0 radical (unpaired) electrons. The Kier molecular flexibility index (Phi) is 3.61. The van der Waals surface area contributed by atoms with Crippen LogP contribution in [-0.2, 0) is 0 Å². The number of aliphatic hydroxyl groups excluding tert-OH is 1. The Morgan fingerprint density at radius 3 is 2.71 bits per heavy atom. The van der Waals surface area contributed by atoms with Gasteiger partial charge in [-0.15, -0.1) is 0 Å². The number of aromatic nitrogens is 2. The van der Waals surface area contributed by atoms with E-state index in [1.165, 1.54) is 6.20 Å². The first-order chi connectivity index (χ1) is 8.00. The van der Waals surface area contributed by atoms with Crippen molar-refractivity contribution in [2.75, 3.05) is 0 Å². The number of rotatable bonds is 3. The fraction of sp³-hybridized carbons (Fsp3) is 0.364. The molecule has 2 aromatic heterocycles. The van der Waals surface area contributed by atoms with Crippen molar-refractivity contribution in [1.82, 2.24) is 9.78 Å². The third kappa shape index (κ3) is 2.41. The van der Waals surface area contributed by atoms with Gasteiger partial charge >= 0.3 is 0 Å². The molecule has 0 aromatic carbocycles. The molecule has 2 heterocycles. The van der Waals surface area contributed by atoms with Crippen LogP contribution in [0.5, 0.6) is 0 Å². The van der Waals surface area contributed by atoms with Gasteiger partial charge in [-0.25, -0.2) is 0 Å². The summed E-state index contributed by atoms with van der Waals surface area (Å²) in [6, 6.07) is 3.54. The molecule has 0 aliphatic carbocycles. The Morgan fingerprint density at radius 1 is 1.47 bits per heavy atom. The summed E-state index contributed by atoms with van der Waals surface area (Å²) in [6.45, 7) is 3.94. The van der Waals surface area contributed by atoms with E-state index in [0.29, 0.717) is 21.1 Å². The highest BCUT2D eigenvalue weighted by molar-refractivity contribution is 9.10. The summed E-state index contributed by atoms with van der Waals surface area (Å²) in [4.78, 5) is 0. The number of hydrogen-bond donors (Lipinski definition) is 1. The van der Waals surface area contributed by atoms with Crippen LogP contribution in [-0.4, -0.2) is 14.9 Å². The second kappa shape index (κ2) is 4.84. The minimum absolute atomic E-state index is 0.116. The normalized spacial score (nSPS) is 13.3. The average Bonchev–Trinajstić information content (AvgIpc) is 2.83. The number of furan rings is 1. The van der Waals surface area contributed by atoms with Gasteiger partial charge in [0.05, 0.1) is 16.9 Å². The molecule has 0 amide bonds. The second-order valence-electron chi connectivity index (χ2n) is 3.96. The molecule has 2 aromatic rings. The smallest absolute Gasteiger partial charge is 0.169 e. The van der Waals surface area contributed by atoms with E-state index in [-0.39, 0.29) is 6.04 Å². The molecule has 0 saturated heterocycles. The van der Waals surface area contributed by atoms with Crippen LogP contribution in [0.15, 0.2) is 27.4 Å². The number of aliphatic hydroxyl groups is 1. The SMILES string of the molecule is CC(C)n1ncc(Cl)c1C(O)c1ccc(Br)o1. The summed E-state index contributed by atoms with van der Waals surface area (Å²) in [5.41, 5.74) is 0.545. The highest BCUT2D eigenvalue weighted by Gasteiger charge is 2.23. The van der Waals surface area contributed by atoms with E-state index in [0.717, 1.165) is 0 Å². The molecule has 0 aliphatic heterocycles. The van der Waals surface area contributed by atoms with Crippen molar-refractivity contribution < 1.29 is 9.52 Å². The molecule has 17 heavy (non-hydrogen) atoms. The fourth-order valence-corrected chi connectivity index (χ4v) is 2.18. The zero-order chi connectivity index (χ0) is 12.6. The number of nitrogens with zero attached hydrogens (tertiary/aromatic N) is 2. The molecule has 0 bridgehead atoms. The predicted octanol–water partition coefficient (Wildman–Crippen LogP) is 3.55. The Morgan fingerprint density at radius 2 is 2.18 bits per heavy atom. The van der Waals surface area contributed by atoms with E-state index in [1.54, 1.807) is 16.8 Å². The van der Waals surface area contributed by atoms with Crippen LogP contribution in [0.1, 0.15) is 37.4 Å². The van der Waals surface area contributed by atoms with Crippen molar-refractivity contribution in [2.24, 2.45) is 0 Å². The Balaban J connectivity index is 2.43. The molecule has 0 saturated carbocycles. The maximum atomic E-state index is 10.2. The largest absolute Gasteiger partial charge is 0.451 e. The molecule has 0 aliphatic rings. The van der Waals surface area contributed by atoms with Gasteiger partial charge in [0.15, 0.2) is 10.8 Å². The first kappa shape index (κ1) is 12.7. The Bertz CT molecular complexity index is 521. The van der Waals surface area contributed by atoms with E-state index >= 15 is 0 Å². The third-order valence-corrected chi connectivity index (χ3v) is 3.12. The van der Waals surface area contributed by atoms with Gasteiger partial charge in [-0.2, -0.15) is 5.10 Å². The maximum absolute atomic E-state index is 10.2. The van der Waals surface area contributed by atoms with Gasteiger partial charge < -0.3 is 9.52 Å². The van der Waals surface area contributed by atoms with Crippen molar-refractivity contribution in [3.05, 3.63) is 39.5 Å². The standard InChI is InChI=1S/C11H12BrClN2O2/c1-6(2)15-10(7(13)5-14-15)11(16)8-3-4-9(12)17-8/h3-6,11,16H,1-2H3. The van der Waals surface area contributed by atoms with Gasteiger partial charge in [0.2, 0.25) is 0 Å². The van der Waals surface area contributed by atoms with Gasteiger partial charge in [0.1, 0.15) is 5.76 Å². The highest BCUT2D eigenvalue weighted by Crippen LogP contribution is 2.31. The molecule has 6 heteroatoms. The molecule has 92 valence electrons. The Hall–Kier alpha value is -0.780. The molecule has 0 spiro atoms. The lowest BCUT2D eigenvalue weighted by atomic mass is 10.2. The van der Waals surface area contributed by atoms with Crippen LogP contribution in [0, 0.1) is 0 Å². The van der Waals surface area contributed by atoms with Crippen molar-refractivity contribution in [3.8, 4) is 0 Å². The van der Waals surface area contributed by atoms with Crippen LogP contribution in [0.4, 0.5) is 0 Å². The van der Waals surface area contributed by atoms with E-state index in [1.807, 2.05) is 13.8 Å². The number of halogens is 2. The summed E-state index contributed by atoms with van der Waals surface area (Å²) >= 11 is 9.24. The molecule has 1 atom stereocenters. The second-order valence-corrected chi connectivity index (χ2v) is 5.15. The summed E-state index contributed by atoms with van der Waals surface area (Å²) in [7, 11) is 0. The van der Waals surface area contributed by atoms with E-state index in [2.05, 4.69) is 21.0 Å². The summed E-state index contributed by atoms with van der Waals surface area (Å²) < 4.78 is 7.58. The number of hydrogen-bond acceptors (Lipinski definition) is 3. The molecule has 0 fully saturated rings. The molecule has 4 nitrogen and oxygen atoms in total. The van der Waals surface area contributed by atoms with E-state index in [4.69, 9.17) is 16.0 Å². The monoisotopic (exact) mass is 318 g/mol. The van der Waals surface area contributed by atoms with Crippen LogP contribution in [0.2, 0.25) is 5.02 Å². The lowest BCUT2D eigenvalue weighted by Crippen LogP contribution is -2.12. The summed E-state index contributed by atoms with van der Waals surface area (Å²) in [5.74, 6) is 0.432.